The van der Waals surface area contributed by atoms with Crippen LogP contribution in [0.2, 0.25) is 0 Å². The van der Waals surface area contributed by atoms with Gasteiger partial charge in [0.1, 0.15) is 11.9 Å². The van der Waals surface area contributed by atoms with Crippen LogP contribution in [-0.2, 0) is 22.7 Å². The summed E-state index contributed by atoms with van der Waals surface area (Å²) in [6.45, 7) is 0.323. The van der Waals surface area contributed by atoms with E-state index >= 15 is 0 Å². The predicted octanol–water partition coefficient (Wildman–Crippen LogP) is 0.614. The summed E-state index contributed by atoms with van der Waals surface area (Å²) in [6.07, 6.45) is 5.13. The highest BCUT2D eigenvalue weighted by Gasteiger charge is 2.02. The Morgan fingerprint density at radius 2 is 1.61 bits per heavy atom. The summed E-state index contributed by atoms with van der Waals surface area (Å²) in [5, 5.41) is 0. The third-order valence-corrected chi connectivity index (χ3v) is 1.91. The molecule has 18 heavy (non-hydrogen) atoms. The molecule has 6 heteroatoms. The molecule has 2 N–H and O–H groups in total. The highest BCUT2D eigenvalue weighted by molar-refractivity contribution is 5.39. The number of ether oxygens (including phenoxy) is 1. The Kier molecular flexibility index (Phi) is 5.44. The van der Waals surface area contributed by atoms with E-state index in [1.54, 1.807) is 18.2 Å². The zero-order valence-corrected chi connectivity index (χ0v) is 9.34. The van der Waals surface area contributed by atoms with Crippen molar-refractivity contribution in [3.05, 3.63) is 29.3 Å². The number of aliphatic imine (C=N–C) groups is 2. The van der Waals surface area contributed by atoms with Gasteiger partial charge in [-0.1, -0.05) is 6.07 Å². The van der Waals surface area contributed by atoms with Crippen molar-refractivity contribution in [2.24, 2.45) is 15.7 Å². The number of rotatable bonds is 5. The quantitative estimate of drug-likeness (QED) is 0.355. The summed E-state index contributed by atoms with van der Waals surface area (Å²) in [7, 11) is 0. The lowest BCUT2D eigenvalue weighted by molar-refractivity contribution is 0.517. The van der Waals surface area contributed by atoms with Crippen LogP contribution in [0.5, 0.6) is 5.75 Å². The number of carbonyl (C=O) groups excluding carboxylic acids is 2. The molecule has 0 bridgehead atoms. The third-order valence-electron chi connectivity index (χ3n) is 1.91. The van der Waals surface area contributed by atoms with Crippen LogP contribution in [0, 0.1) is 12.2 Å². The molecule has 0 saturated heterocycles. The van der Waals surface area contributed by atoms with Gasteiger partial charge in [0.25, 0.3) is 0 Å². The summed E-state index contributed by atoms with van der Waals surface area (Å²) < 4.78 is 5.03. The van der Waals surface area contributed by atoms with E-state index in [1.807, 2.05) is 0 Å². The van der Waals surface area contributed by atoms with Gasteiger partial charge in [-0.3, -0.25) is 0 Å². The van der Waals surface area contributed by atoms with Crippen LogP contribution in [-0.4, -0.2) is 12.2 Å². The number of hydrogen-bond donors (Lipinski definition) is 1. The molecule has 1 aromatic rings. The Balaban J connectivity index is 3.03. The second kappa shape index (κ2) is 7.42. The second-order valence-corrected chi connectivity index (χ2v) is 3.15. The minimum absolute atomic E-state index is 0.161. The highest BCUT2D eigenvalue weighted by atomic mass is 16.5. The van der Waals surface area contributed by atoms with Gasteiger partial charge in [-0.25, -0.2) is 19.6 Å². The normalized spacial score (nSPS) is 8.22. The molecule has 0 unspecified atom stereocenters. The van der Waals surface area contributed by atoms with Crippen molar-refractivity contribution < 1.29 is 14.3 Å². The number of hydrogen-bond acceptors (Lipinski definition) is 6. The van der Waals surface area contributed by atoms with Gasteiger partial charge < -0.3 is 10.5 Å². The van der Waals surface area contributed by atoms with Crippen LogP contribution in [0.4, 0.5) is 0 Å². The number of nitrogens with zero attached hydrogens (tertiary/aromatic N) is 2. The standard InChI is InChI=1S/C12H9N3O3/c13-1-2-18-12-4-10(6-14-8-16)3-11(5-12)7-15-9-17/h3-5H,6-7,13H2. The van der Waals surface area contributed by atoms with Gasteiger partial charge in [0, 0.05) is 6.04 Å². The monoisotopic (exact) mass is 243 g/mol. The van der Waals surface area contributed by atoms with Crippen LogP contribution >= 0.6 is 0 Å². The Bertz CT molecular complexity index is 536. The molecule has 0 heterocycles. The smallest absolute Gasteiger partial charge is 0.235 e. The molecule has 0 aromatic heterocycles. The maximum Gasteiger partial charge on any atom is 0.235 e. The second-order valence-electron chi connectivity index (χ2n) is 3.15. The van der Waals surface area contributed by atoms with Crippen LogP contribution < -0.4 is 10.5 Å². The first-order valence-corrected chi connectivity index (χ1v) is 4.87. The topological polar surface area (TPSA) is 94.1 Å². The lowest BCUT2D eigenvalue weighted by atomic mass is 10.1. The van der Waals surface area contributed by atoms with Gasteiger partial charge in [-0.05, 0) is 23.3 Å². The average Bonchev–Trinajstić information content (AvgIpc) is 2.40. The zero-order valence-electron chi connectivity index (χ0n) is 9.34. The third kappa shape index (κ3) is 4.33. The van der Waals surface area contributed by atoms with E-state index in [-0.39, 0.29) is 13.1 Å². The Hall–Kier alpha value is -2.86. The van der Waals surface area contributed by atoms with Crippen molar-refractivity contribution in [2.75, 3.05) is 0 Å². The van der Waals surface area contributed by atoms with Crippen LogP contribution in [0.3, 0.4) is 0 Å². The van der Waals surface area contributed by atoms with Crippen molar-refractivity contribution in [1.29, 1.82) is 0 Å². The molecule has 6 nitrogen and oxygen atoms in total. The highest BCUT2D eigenvalue weighted by Crippen LogP contribution is 2.18. The van der Waals surface area contributed by atoms with Crippen molar-refractivity contribution in [3.63, 3.8) is 0 Å². The molecule has 0 aliphatic carbocycles. The van der Waals surface area contributed by atoms with Crippen molar-refractivity contribution >= 4 is 12.2 Å². The predicted molar refractivity (Wildman–Crippen MR) is 62.7 cm³/mol. The van der Waals surface area contributed by atoms with Gasteiger partial charge in [0.2, 0.25) is 12.2 Å². The molecule has 0 aliphatic rings. The minimum atomic E-state index is 0.161. The van der Waals surface area contributed by atoms with Gasteiger partial charge in [-0.2, -0.15) is 0 Å². The maximum atomic E-state index is 10.1. The molecular formula is C12H9N3O3. The first-order valence-electron chi connectivity index (χ1n) is 4.87. The molecule has 0 saturated carbocycles. The molecule has 0 spiro atoms. The fraction of sp³-hybridized carbons (Fsp3) is 0.167. The number of nitrogens with two attached hydrogens (primary N) is 1. The van der Waals surface area contributed by atoms with E-state index in [2.05, 4.69) is 22.1 Å². The molecular weight excluding hydrogens is 234 g/mol. The van der Waals surface area contributed by atoms with E-state index < -0.39 is 0 Å². The SMILES string of the molecule is NC#COc1cc(CN=C=O)cc(CN=C=O)c1. The van der Waals surface area contributed by atoms with Gasteiger partial charge in [0.05, 0.1) is 13.1 Å². The Labute approximate surface area is 103 Å². The first-order chi connectivity index (χ1) is 8.80. The molecule has 1 rings (SSSR count). The molecule has 0 aliphatic heterocycles. The first kappa shape index (κ1) is 13.2. The van der Waals surface area contributed by atoms with Gasteiger partial charge in [0.15, 0.2) is 0 Å². The van der Waals surface area contributed by atoms with E-state index in [1.165, 1.54) is 12.2 Å². The van der Waals surface area contributed by atoms with E-state index in [4.69, 9.17) is 10.5 Å². The lowest BCUT2D eigenvalue weighted by Crippen LogP contribution is -1.92. The van der Waals surface area contributed by atoms with Gasteiger partial charge >= 0.3 is 0 Å². The Morgan fingerprint density at radius 3 is 2.06 bits per heavy atom. The van der Waals surface area contributed by atoms with Crippen molar-refractivity contribution in [2.45, 2.75) is 13.1 Å². The number of benzene rings is 1. The van der Waals surface area contributed by atoms with E-state index in [9.17, 15) is 9.59 Å². The molecule has 0 atom stereocenters. The summed E-state index contributed by atoms with van der Waals surface area (Å²) in [5.74, 6) is 0.433. The summed E-state index contributed by atoms with van der Waals surface area (Å²) in [4.78, 5) is 27.0. The minimum Gasteiger partial charge on any atom is -0.406 e. The van der Waals surface area contributed by atoms with E-state index in [0.29, 0.717) is 16.9 Å². The summed E-state index contributed by atoms with van der Waals surface area (Å²) in [6, 6.07) is 7.14. The fourth-order valence-corrected chi connectivity index (χ4v) is 1.31. The molecule has 90 valence electrons. The van der Waals surface area contributed by atoms with Crippen LogP contribution in [0.1, 0.15) is 11.1 Å². The zero-order chi connectivity index (χ0) is 13.2. The van der Waals surface area contributed by atoms with Crippen LogP contribution in [0.25, 0.3) is 0 Å². The van der Waals surface area contributed by atoms with Crippen molar-refractivity contribution in [3.8, 4) is 17.9 Å². The summed E-state index contributed by atoms with van der Waals surface area (Å²) >= 11 is 0. The Morgan fingerprint density at radius 1 is 1.06 bits per heavy atom. The lowest BCUT2D eigenvalue weighted by Gasteiger charge is -2.04. The fourth-order valence-electron chi connectivity index (χ4n) is 1.31. The molecule has 0 fully saturated rings. The van der Waals surface area contributed by atoms with E-state index in [0.717, 1.165) is 0 Å². The maximum absolute atomic E-state index is 10.1. The summed E-state index contributed by atoms with van der Waals surface area (Å²) in [5.41, 5.74) is 6.41. The average molecular weight is 243 g/mol. The van der Waals surface area contributed by atoms with Gasteiger partial charge in [-0.15, -0.1) is 0 Å². The molecule has 0 radical (unpaired) electrons. The largest absolute Gasteiger partial charge is 0.406 e. The van der Waals surface area contributed by atoms with Crippen LogP contribution in [0.15, 0.2) is 28.2 Å². The van der Waals surface area contributed by atoms with Crippen molar-refractivity contribution in [1.82, 2.24) is 0 Å². The molecule has 1 aromatic carbocycles. The number of isocyanates is 2. The molecule has 0 amide bonds.